The van der Waals surface area contributed by atoms with Crippen LogP contribution in [0.15, 0.2) is 28.1 Å². The Morgan fingerprint density at radius 2 is 2.32 bits per heavy atom. The van der Waals surface area contributed by atoms with Crippen molar-refractivity contribution in [2.75, 3.05) is 13.3 Å². The molecule has 2 heterocycles. The minimum Gasteiger partial charge on any atom is -0.462 e. The predicted octanol–water partition coefficient (Wildman–Crippen LogP) is 2.70. The van der Waals surface area contributed by atoms with Gasteiger partial charge in [0.1, 0.15) is 6.67 Å². The number of nitrogens with one attached hydrogen (secondary N) is 2. The summed E-state index contributed by atoms with van der Waals surface area (Å²) in [5, 5.41) is 10.1. The monoisotopic (exact) mass is 342 g/mol. The molecule has 0 saturated carbocycles. The first-order valence-electron chi connectivity index (χ1n) is 7.14. The highest BCUT2D eigenvalue weighted by atomic mass is 32.1. The second-order valence-corrected chi connectivity index (χ2v) is 6.26. The molecule has 1 aliphatic heterocycles. The Hall–Kier alpha value is -1.47. The standard InChI is InChI=1S/C15H19FN2O2S2/c1-10-13(12(8-16)18-15(21)17-10)14(19)20-6-3-2-4-11-5-7-22-9-11/h5,7,9,12H,2-4,6,8H2,1H3,(H2,17,18,21). The van der Waals surface area contributed by atoms with Crippen molar-refractivity contribution in [2.24, 2.45) is 0 Å². The average Bonchev–Trinajstić information content (AvgIpc) is 2.99. The molecule has 0 saturated heterocycles. The van der Waals surface area contributed by atoms with E-state index in [0.717, 1.165) is 19.3 Å². The number of hydrogen-bond donors (Lipinski definition) is 2. The lowest BCUT2D eigenvalue weighted by molar-refractivity contribution is -0.139. The van der Waals surface area contributed by atoms with Crippen molar-refractivity contribution in [2.45, 2.75) is 32.2 Å². The summed E-state index contributed by atoms with van der Waals surface area (Å²) in [4.78, 5) is 12.1. The largest absolute Gasteiger partial charge is 0.462 e. The maximum Gasteiger partial charge on any atom is 0.337 e. The molecule has 2 N–H and O–H groups in total. The number of rotatable bonds is 7. The van der Waals surface area contributed by atoms with Crippen molar-refractivity contribution in [3.8, 4) is 0 Å². The maximum absolute atomic E-state index is 13.0. The van der Waals surface area contributed by atoms with Gasteiger partial charge < -0.3 is 15.4 Å². The van der Waals surface area contributed by atoms with Crippen LogP contribution in [0.25, 0.3) is 0 Å². The minimum absolute atomic E-state index is 0.286. The Morgan fingerprint density at radius 1 is 1.50 bits per heavy atom. The molecule has 1 aliphatic rings. The fourth-order valence-corrected chi connectivity index (χ4v) is 3.28. The van der Waals surface area contributed by atoms with E-state index in [0.29, 0.717) is 17.4 Å². The van der Waals surface area contributed by atoms with Crippen molar-refractivity contribution in [1.82, 2.24) is 10.6 Å². The summed E-state index contributed by atoms with van der Waals surface area (Å²) in [6, 6.07) is 1.37. The average molecular weight is 342 g/mol. The lowest BCUT2D eigenvalue weighted by Gasteiger charge is -2.27. The third kappa shape index (κ3) is 4.51. The Labute approximate surface area is 138 Å². The molecular weight excluding hydrogens is 323 g/mol. The van der Waals surface area contributed by atoms with Crippen LogP contribution in [-0.2, 0) is 16.0 Å². The van der Waals surface area contributed by atoms with Crippen molar-refractivity contribution < 1.29 is 13.9 Å². The van der Waals surface area contributed by atoms with Crippen molar-refractivity contribution in [1.29, 1.82) is 0 Å². The van der Waals surface area contributed by atoms with Crippen LogP contribution in [0.4, 0.5) is 4.39 Å². The van der Waals surface area contributed by atoms with E-state index in [1.54, 1.807) is 18.3 Å². The fraction of sp³-hybridized carbons (Fsp3) is 0.467. The molecule has 0 radical (unpaired) electrons. The SMILES string of the molecule is CC1=C(C(=O)OCCCCc2ccsc2)C(CF)NC(=S)N1. The van der Waals surface area contributed by atoms with Crippen molar-refractivity contribution in [3.63, 3.8) is 0 Å². The van der Waals surface area contributed by atoms with Crippen LogP contribution in [0.5, 0.6) is 0 Å². The third-order valence-electron chi connectivity index (χ3n) is 3.41. The van der Waals surface area contributed by atoms with Gasteiger partial charge in [0.15, 0.2) is 5.11 Å². The Bertz CT molecular complexity index is 558. The molecule has 0 fully saturated rings. The van der Waals surface area contributed by atoms with Crippen molar-refractivity contribution >= 4 is 34.6 Å². The number of unbranched alkanes of at least 4 members (excludes halogenated alkanes) is 1. The molecule has 1 aromatic heterocycles. The van der Waals surface area contributed by atoms with Crippen molar-refractivity contribution in [3.05, 3.63) is 33.7 Å². The molecule has 0 amide bonds. The topological polar surface area (TPSA) is 50.4 Å². The van der Waals surface area contributed by atoms with Crippen LogP contribution in [-0.4, -0.2) is 30.4 Å². The van der Waals surface area contributed by atoms with E-state index in [-0.39, 0.29) is 5.57 Å². The lowest BCUT2D eigenvalue weighted by atomic mass is 10.0. The second kappa shape index (κ2) is 8.24. The normalized spacial score (nSPS) is 17.9. The number of ether oxygens (including phenoxy) is 1. The van der Waals surface area contributed by atoms with Gasteiger partial charge in [0.25, 0.3) is 0 Å². The van der Waals surface area contributed by atoms with Crippen LogP contribution in [0, 0.1) is 0 Å². The number of thiophene rings is 1. The van der Waals surface area contributed by atoms with E-state index in [2.05, 4.69) is 27.5 Å². The molecule has 1 atom stereocenters. The molecule has 2 rings (SSSR count). The summed E-state index contributed by atoms with van der Waals surface area (Å²) < 4.78 is 18.3. The van der Waals surface area contributed by atoms with Gasteiger partial charge in [0.05, 0.1) is 18.2 Å². The number of hydrogen-bond acceptors (Lipinski definition) is 4. The highest BCUT2D eigenvalue weighted by molar-refractivity contribution is 7.80. The number of halogens is 1. The number of aryl methyl sites for hydroxylation is 1. The Kier molecular flexibility index (Phi) is 6.33. The van der Waals surface area contributed by atoms with E-state index in [1.807, 2.05) is 0 Å². The number of carbonyl (C=O) groups is 1. The van der Waals surface area contributed by atoms with E-state index in [1.165, 1.54) is 5.56 Å². The van der Waals surface area contributed by atoms with Gasteiger partial charge in [0, 0.05) is 5.70 Å². The summed E-state index contributed by atoms with van der Waals surface area (Å²) in [6.45, 7) is 1.33. The van der Waals surface area contributed by atoms with E-state index >= 15 is 0 Å². The molecule has 0 aromatic carbocycles. The molecule has 0 bridgehead atoms. The van der Waals surface area contributed by atoms with Gasteiger partial charge in [-0.05, 0) is 60.8 Å². The number of allylic oxidation sites excluding steroid dienone is 1. The molecule has 4 nitrogen and oxygen atoms in total. The zero-order valence-corrected chi connectivity index (χ0v) is 14.0. The smallest absolute Gasteiger partial charge is 0.337 e. The Balaban J connectivity index is 1.78. The molecule has 0 spiro atoms. The van der Waals surface area contributed by atoms with Gasteiger partial charge in [-0.1, -0.05) is 0 Å². The number of thiocarbonyl (C=S) groups is 1. The first-order valence-corrected chi connectivity index (χ1v) is 8.49. The zero-order chi connectivity index (χ0) is 15.9. The summed E-state index contributed by atoms with van der Waals surface area (Å²) >= 11 is 6.63. The van der Waals surface area contributed by atoms with Crippen LogP contribution in [0.3, 0.4) is 0 Å². The first kappa shape index (κ1) is 16.9. The highest BCUT2D eigenvalue weighted by Gasteiger charge is 2.29. The summed E-state index contributed by atoms with van der Waals surface area (Å²) in [7, 11) is 0. The van der Waals surface area contributed by atoms with Gasteiger partial charge in [0.2, 0.25) is 0 Å². The van der Waals surface area contributed by atoms with Gasteiger partial charge in [-0.2, -0.15) is 11.3 Å². The number of esters is 1. The maximum atomic E-state index is 13.0. The number of carbonyl (C=O) groups excluding carboxylic acids is 1. The molecule has 22 heavy (non-hydrogen) atoms. The second-order valence-electron chi connectivity index (χ2n) is 5.07. The molecular formula is C15H19FN2O2S2. The van der Waals surface area contributed by atoms with E-state index in [9.17, 15) is 9.18 Å². The molecule has 0 aliphatic carbocycles. The summed E-state index contributed by atoms with van der Waals surface area (Å²) in [6.07, 6.45) is 2.72. The third-order valence-corrected chi connectivity index (χ3v) is 4.36. The summed E-state index contributed by atoms with van der Waals surface area (Å²) in [5.41, 5.74) is 2.14. The lowest BCUT2D eigenvalue weighted by Crippen LogP contribution is -2.50. The van der Waals surface area contributed by atoms with Crippen LogP contribution in [0.2, 0.25) is 0 Å². The van der Waals surface area contributed by atoms with Gasteiger partial charge in [-0.25, -0.2) is 9.18 Å². The predicted molar refractivity (Wildman–Crippen MR) is 89.5 cm³/mol. The molecule has 1 unspecified atom stereocenters. The van der Waals surface area contributed by atoms with E-state index < -0.39 is 18.7 Å². The Morgan fingerprint density at radius 3 is 3.00 bits per heavy atom. The number of alkyl halides is 1. The summed E-state index contributed by atoms with van der Waals surface area (Å²) in [5.74, 6) is -0.488. The molecule has 7 heteroatoms. The minimum atomic E-state index is -0.730. The van der Waals surface area contributed by atoms with Crippen LogP contribution >= 0.6 is 23.6 Å². The highest BCUT2D eigenvalue weighted by Crippen LogP contribution is 2.15. The van der Waals surface area contributed by atoms with E-state index in [4.69, 9.17) is 17.0 Å². The van der Waals surface area contributed by atoms with Gasteiger partial charge in [-0.15, -0.1) is 0 Å². The first-order chi connectivity index (χ1) is 10.6. The van der Waals surface area contributed by atoms with Crippen LogP contribution in [0.1, 0.15) is 25.3 Å². The quantitative estimate of drug-likeness (QED) is 0.453. The molecule has 120 valence electrons. The molecule has 1 aromatic rings. The fourth-order valence-electron chi connectivity index (χ4n) is 2.29. The zero-order valence-electron chi connectivity index (χ0n) is 12.4. The van der Waals surface area contributed by atoms with Gasteiger partial charge in [-0.3, -0.25) is 0 Å². The van der Waals surface area contributed by atoms with Crippen LogP contribution < -0.4 is 10.6 Å². The van der Waals surface area contributed by atoms with Gasteiger partial charge >= 0.3 is 5.97 Å².